The molecule has 0 atom stereocenters. The summed E-state index contributed by atoms with van der Waals surface area (Å²) in [5, 5.41) is 3.64. The third-order valence-electron chi connectivity index (χ3n) is 1.59. The van der Waals surface area contributed by atoms with E-state index in [0.29, 0.717) is 0 Å². The molecule has 8 heteroatoms. The summed E-state index contributed by atoms with van der Waals surface area (Å²) in [6.07, 6.45) is -2.21. The zero-order valence-corrected chi connectivity index (χ0v) is 10.6. The number of rotatable bonds is 4. The van der Waals surface area contributed by atoms with Crippen LogP contribution in [-0.4, -0.2) is 30.8 Å². The van der Waals surface area contributed by atoms with Crippen molar-refractivity contribution in [3.63, 3.8) is 0 Å². The number of hydrogen-bond donors (Lipinski definition) is 2. The van der Waals surface area contributed by atoms with Gasteiger partial charge in [-0.3, -0.25) is 20.2 Å². The number of imide groups is 2. The van der Waals surface area contributed by atoms with Crippen molar-refractivity contribution in [1.82, 2.24) is 10.6 Å². The Balaban J connectivity index is 3.91. The lowest BCUT2D eigenvalue weighted by Crippen LogP contribution is -2.34. The highest BCUT2D eigenvalue weighted by Gasteiger charge is 2.12. The van der Waals surface area contributed by atoms with E-state index in [1.165, 1.54) is 13.8 Å². The lowest BCUT2D eigenvalue weighted by atomic mass is 10.3. The zero-order valence-electron chi connectivity index (χ0n) is 10.6. The van der Waals surface area contributed by atoms with Gasteiger partial charge in [0.15, 0.2) is 0 Å². The predicted octanol–water partition coefficient (Wildman–Crippen LogP) is 0.602. The lowest BCUT2D eigenvalue weighted by Gasteiger charge is -2.07. The fourth-order valence-electron chi connectivity index (χ4n) is 0.607. The molecule has 2 N–H and O–H groups in total. The van der Waals surface area contributed by atoms with Crippen molar-refractivity contribution in [2.75, 3.05) is 6.79 Å². The summed E-state index contributed by atoms with van der Waals surface area (Å²) in [6.45, 7) is 8.65. The first-order valence-electron chi connectivity index (χ1n) is 5.01. The Labute approximate surface area is 109 Å². The number of carbonyl (C=O) groups is 4. The van der Waals surface area contributed by atoms with Crippen molar-refractivity contribution >= 4 is 24.0 Å². The van der Waals surface area contributed by atoms with E-state index in [1.807, 2.05) is 10.6 Å². The van der Waals surface area contributed by atoms with Gasteiger partial charge in [0.2, 0.25) is 6.79 Å². The third-order valence-corrected chi connectivity index (χ3v) is 1.59. The summed E-state index contributed by atoms with van der Waals surface area (Å²) in [4.78, 5) is 43.9. The van der Waals surface area contributed by atoms with Gasteiger partial charge in [-0.25, -0.2) is 9.59 Å². The van der Waals surface area contributed by atoms with Crippen molar-refractivity contribution in [2.24, 2.45) is 0 Å². The summed E-state index contributed by atoms with van der Waals surface area (Å²) >= 11 is 0. The highest BCUT2D eigenvalue weighted by Crippen LogP contribution is 1.90. The van der Waals surface area contributed by atoms with Gasteiger partial charge in [0.1, 0.15) is 0 Å². The van der Waals surface area contributed by atoms with Gasteiger partial charge in [-0.1, -0.05) is 13.2 Å². The Bertz CT molecular complexity index is 400. The Kier molecular flexibility index (Phi) is 6.58. The van der Waals surface area contributed by atoms with E-state index in [1.54, 1.807) is 0 Å². The normalized spacial score (nSPS) is 8.95. The zero-order chi connectivity index (χ0) is 15.0. The molecule has 4 amide bonds. The molecule has 0 aliphatic rings. The molecule has 0 heterocycles. The van der Waals surface area contributed by atoms with E-state index in [4.69, 9.17) is 0 Å². The van der Waals surface area contributed by atoms with Gasteiger partial charge in [0.25, 0.3) is 11.8 Å². The van der Waals surface area contributed by atoms with E-state index in [-0.39, 0.29) is 11.1 Å². The second-order valence-corrected chi connectivity index (χ2v) is 3.45. The standard InChI is InChI=1S/C11H14N2O6/c1-6(2)8(14)12-10(16)18-5-19-11(17)13-9(15)7(3)4/h1,3,5H2,2,4H3,(H,12,14,16)(H,13,15,17). The van der Waals surface area contributed by atoms with Crippen LogP contribution in [-0.2, 0) is 19.1 Å². The van der Waals surface area contributed by atoms with E-state index < -0.39 is 30.8 Å². The van der Waals surface area contributed by atoms with Gasteiger partial charge in [-0.2, -0.15) is 0 Å². The lowest BCUT2D eigenvalue weighted by molar-refractivity contribution is -0.117. The number of hydrogen-bond acceptors (Lipinski definition) is 6. The van der Waals surface area contributed by atoms with Crippen molar-refractivity contribution in [1.29, 1.82) is 0 Å². The molecule has 8 nitrogen and oxygen atoms in total. The topological polar surface area (TPSA) is 111 Å². The van der Waals surface area contributed by atoms with Crippen LogP contribution < -0.4 is 10.6 Å². The summed E-state index contributed by atoms with van der Waals surface area (Å²) in [5.41, 5.74) is 0.227. The molecule has 0 bridgehead atoms. The maximum atomic E-state index is 11.0. The van der Waals surface area contributed by atoms with Crippen LogP contribution in [0.4, 0.5) is 9.59 Å². The minimum Gasteiger partial charge on any atom is -0.411 e. The van der Waals surface area contributed by atoms with Gasteiger partial charge in [-0.15, -0.1) is 0 Å². The highest BCUT2D eigenvalue weighted by atomic mass is 16.7. The minimum absolute atomic E-state index is 0.114. The van der Waals surface area contributed by atoms with Crippen LogP contribution in [0.15, 0.2) is 24.3 Å². The average molecular weight is 270 g/mol. The van der Waals surface area contributed by atoms with Gasteiger partial charge in [0, 0.05) is 11.1 Å². The first-order valence-corrected chi connectivity index (χ1v) is 5.01. The Hall–Kier alpha value is -2.64. The first-order chi connectivity index (χ1) is 8.73. The number of ether oxygens (including phenoxy) is 2. The molecule has 0 aliphatic heterocycles. The second-order valence-electron chi connectivity index (χ2n) is 3.45. The smallest absolute Gasteiger partial charge is 0.411 e. The van der Waals surface area contributed by atoms with Gasteiger partial charge in [-0.05, 0) is 13.8 Å². The Morgan fingerprint density at radius 3 is 1.42 bits per heavy atom. The molecule has 0 aromatic heterocycles. The molecule has 0 saturated heterocycles. The largest absolute Gasteiger partial charge is 0.417 e. The summed E-state index contributed by atoms with van der Waals surface area (Å²) < 4.78 is 8.69. The minimum atomic E-state index is -1.10. The fourth-order valence-corrected chi connectivity index (χ4v) is 0.607. The van der Waals surface area contributed by atoms with Crippen LogP contribution in [0.3, 0.4) is 0 Å². The Morgan fingerprint density at radius 2 is 1.16 bits per heavy atom. The molecular weight excluding hydrogens is 256 g/mol. The summed E-state index contributed by atoms with van der Waals surface area (Å²) in [7, 11) is 0. The maximum absolute atomic E-state index is 11.0. The van der Waals surface area contributed by atoms with Crippen molar-refractivity contribution in [2.45, 2.75) is 13.8 Å². The number of carbonyl (C=O) groups excluding carboxylic acids is 4. The van der Waals surface area contributed by atoms with Crippen molar-refractivity contribution < 1.29 is 28.7 Å². The molecule has 0 fully saturated rings. The van der Waals surface area contributed by atoms with E-state index in [2.05, 4.69) is 22.6 Å². The molecule has 0 aromatic carbocycles. The van der Waals surface area contributed by atoms with Gasteiger partial charge >= 0.3 is 12.2 Å². The predicted molar refractivity (Wildman–Crippen MR) is 63.7 cm³/mol. The first kappa shape index (κ1) is 16.4. The van der Waals surface area contributed by atoms with Crippen LogP contribution in [0.1, 0.15) is 13.8 Å². The van der Waals surface area contributed by atoms with Gasteiger partial charge < -0.3 is 9.47 Å². The monoisotopic (exact) mass is 270 g/mol. The molecule has 19 heavy (non-hydrogen) atoms. The van der Waals surface area contributed by atoms with Crippen molar-refractivity contribution in [3.05, 3.63) is 24.3 Å². The summed E-state index contributed by atoms with van der Waals surface area (Å²) in [5.74, 6) is -1.43. The molecule has 0 aromatic rings. The maximum Gasteiger partial charge on any atom is 0.417 e. The summed E-state index contributed by atoms with van der Waals surface area (Å²) in [6, 6.07) is 0. The van der Waals surface area contributed by atoms with Crippen molar-refractivity contribution in [3.8, 4) is 0 Å². The molecule has 104 valence electrons. The quantitative estimate of drug-likeness (QED) is 0.571. The van der Waals surface area contributed by atoms with Crippen LogP contribution in [0.2, 0.25) is 0 Å². The SMILES string of the molecule is C=C(C)C(=O)NC(=O)OCOC(=O)NC(=O)C(=C)C. The van der Waals surface area contributed by atoms with E-state index in [9.17, 15) is 19.2 Å². The van der Waals surface area contributed by atoms with Crippen LogP contribution >= 0.6 is 0 Å². The molecular formula is C11H14N2O6. The van der Waals surface area contributed by atoms with E-state index in [0.717, 1.165) is 0 Å². The Morgan fingerprint density at radius 1 is 0.842 bits per heavy atom. The van der Waals surface area contributed by atoms with Crippen LogP contribution in [0.25, 0.3) is 0 Å². The second kappa shape index (κ2) is 7.64. The van der Waals surface area contributed by atoms with E-state index >= 15 is 0 Å². The molecule has 0 saturated carbocycles. The molecule has 0 rings (SSSR count). The number of nitrogens with one attached hydrogen (secondary N) is 2. The third kappa shape index (κ3) is 7.31. The molecule has 0 radical (unpaired) electrons. The van der Waals surface area contributed by atoms with Crippen LogP contribution in [0.5, 0.6) is 0 Å². The van der Waals surface area contributed by atoms with Crippen LogP contribution in [0, 0.1) is 0 Å². The fraction of sp³-hybridized carbons (Fsp3) is 0.273. The number of amides is 4. The number of alkyl carbamates (subject to hydrolysis) is 2. The van der Waals surface area contributed by atoms with Gasteiger partial charge in [0.05, 0.1) is 0 Å². The molecule has 0 aliphatic carbocycles. The molecule has 0 spiro atoms. The average Bonchev–Trinajstić information content (AvgIpc) is 2.28. The molecule has 0 unspecified atom stereocenters. The highest BCUT2D eigenvalue weighted by molar-refractivity contribution is 6.02.